The quantitative estimate of drug-likeness (QED) is 0.447. The molecule has 2 amide bonds. The van der Waals surface area contributed by atoms with Crippen LogP contribution in [-0.2, 0) is 17.7 Å². The molecule has 0 saturated carbocycles. The summed E-state index contributed by atoms with van der Waals surface area (Å²) in [6.45, 7) is 3.32. The number of carbonyl (C=O) groups excluding carboxylic acids is 2. The summed E-state index contributed by atoms with van der Waals surface area (Å²) in [6, 6.07) is 10.6. The Morgan fingerprint density at radius 3 is 2.76 bits per heavy atom. The Kier molecular flexibility index (Phi) is 7.19. The van der Waals surface area contributed by atoms with Gasteiger partial charge in [0.15, 0.2) is 0 Å². The van der Waals surface area contributed by atoms with Gasteiger partial charge in [0.2, 0.25) is 0 Å². The van der Waals surface area contributed by atoms with E-state index in [4.69, 9.17) is 4.74 Å². The number of hydrogen-bond donors (Lipinski definition) is 2. The minimum absolute atomic E-state index is 0.234. The molecule has 6 nitrogen and oxygen atoms in total. The molecular weight excluding hydrogens is 461 g/mol. The number of aromatic amines is 1. The standard InChI is InChI=1S/C24H26FN3O3S2/c1-14(33-32-3)13-31-24(30)28(2)12-15-4-6-16(7-5-15)22-18-8-9-26-23(29)19-10-17(25)11-20(27-22)21(18)19/h4-7,10-11,14,27H,8-9,12-13H2,1-3H3,(H,26,29)/t14-/m1/s1. The van der Waals surface area contributed by atoms with Crippen molar-refractivity contribution in [2.45, 2.75) is 25.1 Å². The molecule has 3 aromatic rings. The second-order valence-electron chi connectivity index (χ2n) is 8.06. The summed E-state index contributed by atoms with van der Waals surface area (Å²) in [5.41, 5.74) is 4.78. The third-order valence-corrected chi connectivity index (χ3v) is 7.77. The lowest BCUT2D eigenvalue weighted by atomic mass is 9.99. The number of carbonyl (C=O) groups is 2. The number of hydrogen-bond acceptors (Lipinski definition) is 5. The van der Waals surface area contributed by atoms with E-state index in [1.54, 1.807) is 33.5 Å². The fourth-order valence-corrected chi connectivity index (χ4v) is 5.65. The largest absolute Gasteiger partial charge is 0.448 e. The van der Waals surface area contributed by atoms with Gasteiger partial charge >= 0.3 is 6.09 Å². The normalized spacial score (nSPS) is 14.0. The van der Waals surface area contributed by atoms with E-state index in [2.05, 4.69) is 10.3 Å². The third-order valence-electron chi connectivity index (χ3n) is 5.55. The molecule has 2 aromatic carbocycles. The predicted molar refractivity (Wildman–Crippen MR) is 133 cm³/mol. The lowest BCUT2D eigenvalue weighted by Crippen LogP contribution is -2.28. The highest BCUT2D eigenvalue weighted by atomic mass is 33.1. The first-order valence-electron chi connectivity index (χ1n) is 10.7. The number of amides is 2. The van der Waals surface area contributed by atoms with Crippen molar-refractivity contribution >= 4 is 44.5 Å². The summed E-state index contributed by atoms with van der Waals surface area (Å²) in [7, 11) is 5.04. The second-order valence-corrected chi connectivity index (χ2v) is 11.0. The van der Waals surface area contributed by atoms with Crippen molar-refractivity contribution in [2.75, 3.05) is 26.5 Å². The van der Waals surface area contributed by atoms with Crippen LogP contribution in [-0.4, -0.2) is 53.6 Å². The molecular formula is C24H26FN3O3S2. The van der Waals surface area contributed by atoms with Gasteiger partial charge in [-0.15, -0.1) is 0 Å². The zero-order valence-corrected chi connectivity index (χ0v) is 20.4. The van der Waals surface area contributed by atoms with Crippen molar-refractivity contribution < 1.29 is 18.7 Å². The molecule has 0 spiro atoms. The molecule has 0 bridgehead atoms. The molecule has 2 N–H and O–H groups in total. The van der Waals surface area contributed by atoms with Gasteiger partial charge in [0.1, 0.15) is 12.4 Å². The van der Waals surface area contributed by atoms with Crippen molar-refractivity contribution in [3.05, 3.63) is 58.9 Å². The van der Waals surface area contributed by atoms with Crippen molar-refractivity contribution in [1.29, 1.82) is 0 Å². The van der Waals surface area contributed by atoms with Crippen molar-refractivity contribution in [3.8, 4) is 11.3 Å². The maximum absolute atomic E-state index is 14.1. The number of ether oxygens (including phenoxy) is 1. The van der Waals surface area contributed by atoms with Crippen molar-refractivity contribution in [1.82, 2.24) is 15.2 Å². The smallest absolute Gasteiger partial charge is 0.409 e. The van der Waals surface area contributed by atoms with Gasteiger partial charge in [-0.05, 0) is 48.4 Å². The average Bonchev–Trinajstić information content (AvgIpc) is 3.06. The predicted octanol–water partition coefficient (Wildman–Crippen LogP) is 5.23. The fourth-order valence-electron chi connectivity index (χ4n) is 4.04. The van der Waals surface area contributed by atoms with E-state index in [0.29, 0.717) is 37.2 Å². The topological polar surface area (TPSA) is 74.4 Å². The van der Waals surface area contributed by atoms with Crippen LogP contribution in [0.3, 0.4) is 0 Å². The summed E-state index contributed by atoms with van der Waals surface area (Å²) < 4.78 is 19.5. The number of aromatic nitrogens is 1. The summed E-state index contributed by atoms with van der Waals surface area (Å²) in [5.74, 6) is -0.698. The average molecular weight is 488 g/mol. The third kappa shape index (κ3) is 5.14. The number of nitrogens with one attached hydrogen (secondary N) is 2. The van der Waals surface area contributed by atoms with Gasteiger partial charge in [-0.2, -0.15) is 0 Å². The van der Waals surface area contributed by atoms with Crippen LogP contribution in [0.2, 0.25) is 0 Å². The molecule has 0 fully saturated rings. The fraction of sp³-hybridized carbons (Fsp3) is 0.333. The number of nitrogens with zero attached hydrogens (tertiary/aromatic N) is 1. The molecule has 9 heteroatoms. The van der Waals surface area contributed by atoms with Crippen LogP contribution < -0.4 is 5.32 Å². The summed E-state index contributed by atoms with van der Waals surface area (Å²) >= 11 is 0. The Hall–Kier alpha value is -2.65. The van der Waals surface area contributed by atoms with Gasteiger partial charge in [-0.25, -0.2) is 9.18 Å². The van der Waals surface area contributed by atoms with E-state index in [1.165, 1.54) is 12.1 Å². The highest BCUT2D eigenvalue weighted by molar-refractivity contribution is 8.76. The van der Waals surface area contributed by atoms with E-state index in [9.17, 15) is 14.0 Å². The zero-order valence-electron chi connectivity index (χ0n) is 18.7. The van der Waals surface area contributed by atoms with Gasteiger partial charge in [0.25, 0.3) is 5.91 Å². The summed E-state index contributed by atoms with van der Waals surface area (Å²) in [5, 5.41) is 3.85. The zero-order chi connectivity index (χ0) is 23.5. The van der Waals surface area contributed by atoms with Crippen molar-refractivity contribution in [3.63, 3.8) is 0 Å². The van der Waals surface area contributed by atoms with Crippen LogP contribution in [0.1, 0.15) is 28.4 Å². The van der Waals surface area contributed by atoms with Gasteiger partial charge < -0.3 is 19.9 Å². The van der Waals surface area contributed by atoms with E-state index in [1.807, 2.05) is 37.4 Å². The molecule has 1 aromatic heterocycles. The number of benzene rings is 2. The minimum Gasteiger partial charge on any atom is -0.448 e. The molecule has 33 heavy (non-hydrogen) atoms. The summed E-state index contributed by atoms with van der Waals surface area (Å²) in [4.78, 5) is 29.5. The van der Waals surface area contributed by atoms with Crippen LogP contribution in [0.4, 0.5) is 9.18 Å². The lowest BCUT2D eigenvalue weighted by Gasteiger charge is -2.18. The number of rotatable bonds is 7. The molecule has 1 atom stereocenters. The van der Waals surface area contributed by atoms with E-state index in [0.717, 1.165) is 27.8 Å². The van der Waals surface area contributed by atoms with E-state index >= 15 is 0 Å². The monoisotopic (exact) mass is 487 g/mol. The van der Waals surface area contributed by atoms with Gasteiger partial charge in [0.05, 0.1) is 5.56 Å². The first-order chi connectivity index (χ1) is 15.9. The summed E-state index contributed by atoms with van der Waals surface area (Å²) in [6.07, 6.45) is 2.30. The van der Waals surface area contributed by atoms with Crippen LogP contribution in [0.15, 0.2) is 36.4 Å². The molecule has 0 radical (unpaired) electrons. The molecule has 2 heterocycles. The number of H-pyrrole nitrogens is 1. The molecule has 174 valence electrons. The highest BCUT2D eigenvalue weighted by Gasteiger charge is 2.23. The first-order valence-corrected chi connectivity index (χ1v) is 13.3. The maximum atomic E-state index is 14.1. The van der Waals surface area contributed by atoms with Gasteiger partial charge in [-0.3, -0.25) is 4.79 Å². The Labute approximate surface area is 200 Å². The molecule has 4 rings (SSSR count). The molecule has 0 unspecified atom stereocenters. The Balaban J connectivity index is 1.52. The van der Waals surface area contributed by atoms with Crippen LogP contribution in [0.5, 0.6) is 0 Å². The van der Waals surface area contributed by atoms with Gasteiger partial charge in [-0.1, -0.05) is 45.9 Å². The van der Waals surface area contributed by atoms with E-state index in [-0.39, 0.29) is 17.3 Å². The van der Waals surface area contributed by atoms with Crippen molar-refractivity contribution in [2.24, 2.45) is 0 Å². The molecule has 0 saturated heterocycles. The molecule has 1 aliphatic heterocycles. The van der Waals surface area contributed by atoms with Gasteiger partial charge in [0, 0.05) is 42.0 Å². The first kappa shape index (κ1) is 23.5. The second kappa shape index (κ2) is 10.1. The van der Waals surface area contributed by atoms with Crippen LogP contribution in [0, 0.1) is 5.82 Å². The Bertz CT molecular complexity index is 1180. The molecule has 0 aliphatic carbocycles. The van der Waals surface area contributed by atoms with Crippen LogP contribution >= 0.6 is 21.6 Å². The minimum atomic E-state index is -0.444. The Morgan fingerprint density at radius 1 is 1.27 bits per heavy atom. The SMILES string of the molecule is CSS[C@H](C)COC(=O)N(C)Cc1ccc(-c2[nH]c3cc(F)cc4c3c2CCNC4=O)cc1. The highest BCUT2D eigenvalue weighted by Crippen LogP contribution is 2.35. The maximum Gasteiger partial charge on any atom is 0.409 e. The van der Waals surface area contributed by atoms with Crippen LogP contribution in [0.25, 0.3) is 22.2 Å². The Morgan fingerprint density at radius 2 is 2.03 bits per heavy atom. The molecule has 1 aliphatic rings. The lowest BCUT2D eigenvalue weighted by molar-refractivity contribution is 0.0956. The number of halogens is 1. The van der Waals surface area contributed by atoms with E-state index < -0.39 is 5.82 Å².